The molecule has 0 spiro atoms. The molecule has 12 heavy (non-hydrogen) atoms. The third-order valence-electron chi connectivity index (χ3n) is 1.68. The van der Waals surface area contributed by atoms with Crippen LogP contribution >= 0.6 is 0 Å². The standard InChI is InChI=1S/C7H18N2O3/c1-8(2)7(12)9(3)6(11)4-5-10/h6-7,10-12H,4-5H2,1-3H3. The lowest BCUT2D eigenvalue weighted by Crippen LogP contribution is -2.48. The molecule has 0 aliphatic heterocycles. The van der Waals surface area contributed by atoms with Crippen LogP contribution in [0.3, 0.4) is 0 Å². The molecule has 0 aliphatic rings. The lowest BCUT2D eigenvalue weighted by atomic mass is 10.4. The van der Waals surface area contributed by atoms with Gasteiger partial charge in [-0.25, -0.2) is 4.90 Å². The fraction of sp³-hybridized carbons (Fsp3) is 1.00. The Morgan fingerprint density at radius 1 is 1.17 bits per heavy atom. The highest BCUT2D eigenvalue weighted by molar-refractivity contribution is 4.58. The Morgan fingerprint density at radius 2 is 1.67 bits per heavy atom. The van der Waals surface area contributed by atoms with Crippen molar-refractivity contribution < 1.29 is 15.3 Å². The molecule has 3 N–H and O–H groups in total. The van der Waals surface area contributed by atoms with Crippen LogP contribution in [-0.4, -0.2) is 65.4 Å². The molecular weight excluding hydrogens is 160 g/mol. The van der Waals surface area contributed by atoms with Gasteiger partial charge < -0.3 is 15.3 Å². The summed E-state index contributed by atoms with van der Waals surface area (Å²) in [4.78, 5) is 2.93. The molecule has 2 unspecified atom stereocenters. The zero-order chi connectivity index (χ0) is 9.72. The summed E-state index contributed by atoms with van der Waals surface area (Å²) in [7, 11) is 4.99. The highest BCUT2D eigenvalue weighted by Crippen LogP contribution is 2.02. The van der Waals surface area contributed by atoms with E-state index in [1.54, 1.807) is 26.0 Å². The molecule has 0 saturated carbocycles. The van der Waals surface area contributed by atoms with Crippen molar-refractivity contribution in [3.8, 4) is 0 Å². The first kappa shape index (κ1) is 11.8. The van der Waals surface area contributed by atoms with Crippen LogP contribution in [-0.2, 0) is 0 Å². The van der Waals surface area contributed by atoms with Crippen molar-refractivity contribution in [3.63, 3.8) is 0 Å². The van der Waals surface area contributed by atoms with E-state index in [0.29, 0.717) is 0 Å². The van der Waals surface area contributed by atoms with Crippen LogP contribution in [0.4, 0.5) is 0 Å². The molecule has 0 amide bonds. The summed E-state index contributed by atoms with van der Waals surface area (Å²) in [6.45, 7) is -0.0916. The summed E-state index contributed by atoms with van der Waals surface area (Å²) in [5.74, 6) is 0. The number of aliphatic hydroxyl groups excluding tert-OH is 3. The molecule has 0 saturated heterocycles. The predicted molar refractivity (Wildman–Crippen MR) is 45.2 cm³/mol. The average molecular weight is 178 g/mol. The summed E-state index contributed by atoms with van der Waals surface area (Å²) in [6, 6.07) is 0. The van der Waals surface area contributed by atoms with Crippen LogP contribution in [0.25, 0.3) is 0 Å². The van der Waals surface area contributed by atoms with Crippen LogP contribution in [0.1, 0.15) is 6.42 Å². The second-order valence-electron chi connectivity index (χ2n) is 2.97. The summed E-state index contributed by atoms with van der Waals surface area (Å²) in [5, 5.41) is 27.2. The van der Waals surface area contributed by atoms with Gasteiger partial charge in [-0.1, -0.05) is 0 Å². The van der Waals surface area contributed by atoms with E-state index in [1.165, 1.54) is 4.90 Å². The minimum absolute atomic E-state index is 0.0916. The van der Waals surface area contributed by atoms with Crippen LogP contribution in [0.5, 0.6) is 0 Å². The van der Waals surface area contributed by atoms with E-state index >= 15 is 0 Å². The van der Waals surface area contributed by atoms with Crippen molar-refractivity contribution in [1.29, 1.82) is 0 Å². The van der Waals surface area contributed by atoms with Gasteiger partial charge >= 0.3 is 0 Å². The SMILES string of the molecule is CN(C)C(O)N(C)C(O)CCO. The van der Waals surface area contributed by atoms with Crippen molar-refractivity contribution in [3.05, 3.63) is 0 Å². The van der Waals surface area contributed by atoms with Gasteiger partial charge in [0.1, 0.15) is 6.23 Å². The molecule has 0 aromatic heterocycles. The zero-order valence-electron chi connectivity index (χ0n) is 7.80. The Balaban J connectivity index is 3.90. The number of nitrogens with zero attached hydrogens (tertiary/aromatic N) is 2. The van der Waals surface area contributed by atoms with Crippen molar-refractivity contribution in [1.82, 2.24) is 9.80 Å². The minimum atomic E-state index is -0.827. The first-order valence-corrected chi connectivity index (χ1v) is 3.86. The molecule has 0 rings (SSSR count). The average Bonchev–Trinajstić information content (AvgIpc) is 2.02. The van der Waals surface area contributed by atoms with E-state index in [9.17, 15) is 10.2 Å². The minimum Gasteiger partial charge on any atom is -0.396 e. The number of rotatable bonds is 5. The Bertz CT molecular complexity index is 121. The molecule has 0 heterocycles. The lowest BCUT2D eigenvalue weighted by Gasteiger charge is -2.31. The number of hydrogen-bond donors (Lipinski definition) is 3. The lowest BCUT2D eigenvalue weighted by molar-refractivity contribution is -0.149. The molecule has 0 aliphatic carbocycles. The molecule has 0 bridgehead atoms. The molecular formula is C7H18N2O3. The van der Waals surface area contributed by atoms with Gasteiger partial charge in [0.15, 0.2) is 6.35 Å². The van der Waals surface area contributed by atoms with E-state index in [0.717, 1.165) is 0 Å². The largest absolute Gasteiger partial charge is 0.396 e. The van der Waals surface area contributed by atoms with Crippen molar-refractivity contribution in [2.24, 2.45) is 0 Å². The maximum absolute atomic E-state index is 9.40. The van der Waals surface area contributed by atoms with Gasteiger partial charge in [0.05, 0.1) is 0 Å². The molecule has 0 fully saturated rings. The zero-order valence-corrected chi connectivity index (χ0v) is 7.80. The van der Waals surface area contributed by atoms with Gasteiger partial charge in [0.2, 0.25) is 0 Å². The maximum atomic E-state index is 9.40. The van der Waals surface area contributed by atoms with E-state index in [-0.39, 0.29) is 13.0 Å². The molecule has 5 heteroatoms. The maximum Gasteiger partial charge on any atom is 0.166 e. The molecule has 5 nitrogen and oxygen atoms in total. The van der Waals surface area contributed by atoms with Gasteiger partial charge in [-0.05, 0) is 21.1 Å². The smallest absolute Gasteiger partial charge is 0.166 e. The Hall–Kier alpha value is -0.200. The summed E-state index contributed by atoms with van der Waals surface area (Å²) < 4.78 is 0. The highest BCUT2D eigenvalue weighted by atomic mass is 16.3. The third-order valence-corrected chi connectivity index (χ3v) is 1.68. The molecule has 74 valence electrons. The predicted octanol–water partition coefficient (Wildman–Crippen LogP) is -1.54. The topological polar surface area (TPSA) is 67.2 Å². The number of aliphatic hydroxyl groups is 3. The second-order valence-corrected chi connectivity index (χ2v) is 2.97. The first-order valence-electron chi connectivity index (χ1n) is 3.86. The molecule has 0 aromatic carbocycles. The van der Waals surface area contributed by atoms with Crippen LogP contribution in [0.15, 0.2) is 0 Å². The Labute approximate surface area is 72.8 Å². The Morgan fingerprint density at radius 3 is 2.00 bits per heavy atom. The van der Waals surface area contributed by atoms with Gasteiger partial charge in [0.25, 0.3) is 0 Å². The van der Waals surface area contributed by atoms with E-state index in [2.05, 4.69) is 0 Å². The summed E-state index contributed by atoms with van der Waals surface area (Å²) >= 11 is 0. The third kappa shape index (κ3) is 3.46. The molecule has 0 radical (unpaired) electrons. The summed E-state index contributed by atoms with van der Waals surface area (Å²) in [5.41, 5.74) is 0. The molecule has 0 aromatic rings. The van der Waals surface area contributed by atoms with E-state index < -0.39 is 12.6 Å². The highest BCUT2D eigenvalue weighted by Gasteiger charge is 2.19. The Kier molecular flexibility index (Phi) is 5.36. The van der Waals surface area contributed by atoms with Gasteiger partial charge in [0, 0.05) is 13.0 Å². The van der Waals surface area contributed by atoms with E-state index in [1.807, 2.05) is 0 Å². The van der Waals surface area contributed by atoms with E-state index in [4.69, 9.17) is 5.11 Å². The van der Waals surface area contributed by atoms with Crippen molar-refractivity contribution in [2.75, 3.05) is 27.7 Å². The van der Waals surface area contributed by atoms with Crippen LogP contribution in [0.2, 0.25) is 0 Å². The fourth-order valence-corrected chi connectivity index (χ4v) is 0.837. The van der Waals surface area contributed by atoms with Crippen molar-refractivity contribution in [2.45, 2.75) is 19.0 Å². The van der Waals surface area contributed by atoms with Crippen molar-refractivity contribution >= 4 is 0 Å². The first-order chi connectivity index (χ1) is 5.50. The van der Waals surface area contributed by atoms with Gasteiger partial charge in [-0.2, -0.15) is 0 Å². The molecule has 2 atom stereocenters. The van der Waals surface area contributed by atoms with Gasteiger partial charge in [-0.15, -0.1) is 0 Å². The summed E-state index contributed by atoms with van der Waals surface area (Å²) in [6.07, 6.45) is -1.40. The van der Waals surface area contributed by atoms with Gasteiger partial charge in [-0.3, -0.25) is 4.90 Å². The van der Waals surface area contributed by atoms with Crippen LogP contribution in [0, 0.1) is 0 Å². The number of hydrogen-bond acceptors (Lipinski definition) is 5. The van der Waals surface area contributed by atoms with Crippen LogP contribution < -0.4 is 0 Å². The fourth-order valence-electron chi connectivity index (χ4n) is 0.837. The second kappa shape index (κ2) is 5.45. The monoisotopic (exact) mass is 178 g/mol. The quantitative estimate of drug-likeness (QED) is 0.445. The normalized spacial score (nSPS) is 17.0.